The van der Waals surface area contributed by atoms with Gasteiger partial charge in [-0.1, -0.05) is 29.8 Å². The zero-order valence-electron chi connectivity index (χ0n) is 11.4. The summed E-state index contributed by atoms with van der Waals surface area (Å²) < 4.78 is 5.26. The maximum atomic E-state index is 6.31. The second kappa shape index (κ2) is 6.09. The van der Waals surface area contributed by atoms with Crippen LogP contribution >= 0.6 is 11.6 Å². The number of hydrogen-bond acceptors (Lipinski definition) is 2. The SMILES string of the molecule is CNC(C)c1ccc(Cl)c(-c2cccc(OC)c2)c1. The molecule has 0 aliphatic heterocycles. The molecule has 0 bridgehead atoms. The molecule has 0 spiro atoms. The maximum absolute atomic E-state index is 6.31. The summed E-state index contributed by atoms with van der Waals surface area (Å²) in [5.41, 5.74) is 3.30. The van der Waals surface area contributed by atoms with Crippen LogP contribution in [0.2, 0.25) is 5.02 Å². The number of ether oxygens (including phenoxy) is 1. The summed E-state index contributed by atoms with van der Waals surface area (Å²) in [6, 6.07) is 14.3. The minimum absolute atomic E-state index is 0.293. The molecule has 0 radical (unpaired) electrons. The summed E-state index contributed by atoms with van der Waals surface area (Å²) >= 11 is 6.31. The Morgan fingerprint density at radius 2 is 1.95 bits per heavy atom. The van der Waals surface area contributed by atoms with Crippen molar-refractivity contribution in [3.63, 3.8) is 0 Å². The lowest BCUT2D eigenvalue weighted by molar-refractivity contribution is 0.415. The van der Waals surface area contributed by atoms with Gasteiger partial charge in [-0.15, -0.1) is 0 Å². The molecule has 0 saturated carbocycles. The Balaban J connectivity index is 2.48. The van der Waals surface area contributed by atoms with E-state index in [1.54, 1.807) is 7.11 Å². The van der Waals surface area contributed by atoms with E-state index in [1.165, 1.54) is 5.56 Å². The van der Waals surface area contributed by atoms with Gasteiger partial charge in [-0.2, -0.15) is 0 Å². The van der Waals surface area contributed by atoms with Gasteiger partial charge in [0.25, 0.3) is 0 Å². The number of methoxy groups -OCH3 is 1. The van der Waals surface area contributed by atoms with Crippen LogP contribution < -0.4 is 10.1 Å². The van der Waals surface area contributed by atoms with Crippen molar-refractivity contribution in [1.82, 2.24) is 5.32 Å². The molecule has 0 fully saturated rings. The second-order valence-corrected chi connectivity index (χ2v) is 4.89. The Morgan fingerprint density at radius 1 is 1.16 bits per heavy atom. The molecule has 100 valence electrons. The molecule has 0 aromatic heterocycles. The van der Waals surface area contributed by atoms with E-state index < -0.39 is 0 Å². The van der Waals surface area contributed by atoms with Crippen LogP contribution in [0.4, 0.5) is 0 Å². The van der Waals surface area contributed by atoms with Gasteiger partial charge in [-0.3, -0.25) is 0 Å². The summed E-state index contributed by atoms with van der Waals surface area (Å²) in [6.07, 6.45) is 0. The molecule has 1 unspecified atom stereocenters. The first kappa shape index (κ1) is 13.9. The molecule has 2 aromatic rings. The third kappa shape index (κ3) is 3.09. The van der Waals surface area contributed by atoms with Crippen molar-refractivity contribution < 1.29 is 4.74 Å². The van der Waals surface area contributed by atoms with Crippen LogP contribution in [-0.2, 0) is 0 Å². The van der Waals surface area contributed by atoms with Gasteiger partial charge in [-0.05, 0) is 49.4 Å². The fraction of sp³-hybridized carbons (Fsp3) is 0.250. The lowest BCUT2D eigenvalue weighted by Crippen LogP contribution is -2.12. The Morgan fingerprint density at radius 3 is 2.63 bits per heavy atom. The van der Waals surface area contributed by atoms with Crippen LogP contribution in [0.1, 0.15) is 18.5 Å². The summed E-state index contributed by atoms with van der Waals surface area (Å²) in [7, 11) is 3.62. The van der Waals surface area contributed by atoms with Crippen molar-refractivity contribution >= 4 is 11.6 Å². The van der Waals surface area contributed by atoms with E-state index >= 15 is 0 Å². The van der Waals surface area contributed by atoms with Gasteiger partial charge in [0.2, 0.25) is 0 Å². The van der Waals surface area contributed by atoms with E-state index in [-0.39, 0.29) is 0 Å². The molecule has 0 amide bonds. The van der Waals surface area contributed by atoms with Crippen LogP contribution in [0.5, 0.6) is 5.75 Å². The van der Waals surface area contributed by atoms with Crippen molar-refractivity contribution in [2.75, 3.05) is 14.2 Å². The maximum Gasteiger partial charge on any atom is 0.119 e. The molecule has 2 rings (SSSR count). The molecular weight excluding hydrogens is 258 g/mol. The van der Waals surface area contributed by atoms with Gasteiger partial charge in [0.05, 0.1) is 7.11 Å². The minimum Gasteiger partial charge on any atom is -0.497 e. The third-order valence-electron chi connectivity index (χ3n) is 3.30. The molecule has 2 aromatic carbocycles. The van der Waals surface area contributed by atoms with Crippen LogP contribution in [-0.4, -0.2) is 14.2 Å². The van der Waals surface area contributed by atoms with Crippen molar-refractivity contribution in [2.45, 2.75) is 13.0 Å². The van der Waals surface area contributed by atoms with E-state index in [1.807, 2.05) is 43.4 Å². The van der Waals surface area contributed by atoms with Gasteiger partial charge < -0.3 is 10.1 Å². The predicted octanol–water partition coefficient (Wildman–Crippen LogP) is 4.30. The molecule has 0 aliphatic carbocycles. The van der Waals surface area contributed by atoms with E-state index in [9.17, 15) is 0 Å². The monoisotopic (exact) mass is 275 g/mol. The smallest absolute Gasteiger partial charge is 0.119 e. The topological polar surface area (TPSA) is 21.3 Å². The van der Waals surface area contributed by atoms with Crippen molar-refractivity contribution in [3.05, 3.63) is 53.1 Å². The van der Waals surface area contributed by atoms with Gasteiger partial charge in [-0.25, -0.2) is 0 Å². The molecule has 0 saturated heterocycles. The largest absolute Gasteiger partial charge is 0.497 e. The highest BCUT2D eigenvalue weighted by molar-refractivity contribution is 6.33. The van der Waals surface area contributed by atoms with Crippen molar-refractivity contribution in [3.8, 4) is 16.9 Å². The number of nitrogens with one attached hydrogen (secondary N) is 1. The summed E-state index contributed by atoms with van der Waals surface area (Å²) in [6.45, 7) is 2.12. The van der Waals surface area contributed by atoms with Crippen LogP contribution in [0.25, 0.3) is 11.1 Å². The minimum atomic E-state index is 0.293. The summed E-state index contributed by atoms with van der Waals surface area (Å²) in [4.78, 5) is 0. The number of rotatable bonds is 4. The highest BCUT2D eigenvalue weighted by Gasteiger charge is 2.09. The highest BCUT2D eigenvalue weighted by Crippen LogP contribution is 2.32. The van der Waals surface area contributed by atoms with Crippen LogP contribution in [0, 0.1) is 0 Å². The van der Waals surface area contributed by atoms with Crippen molar-refractivity contribution in [2.24, 2.45) is 0 Å². The first-order chi connectivity index (χ1) is 9.15. The van der Waals surface area contributed by atoms with Crippen LogP contribution in [0.15, 0.2) is 42.5 Å². The van der Waals surface area contributed by atoms with E-state index in [0.29, 0.717) is 6.04 Å². The Labute approximate surface area is 119 Å². The van der Waals surface area contributed by atoms with Gasteiger partial charge in [0, 0.05) is 16.6 Å². The Bertz CT molecular complexity index is 568. The molecule has 1 atom stereocenters. The number of hydrogen-bond donors (Lipinski definition) is 1. The van der Waals surface area contributed by atoms with E-state index in [2.05, 4.69) is 18.3 Å². The fourth-order valence-electron chi connectivity index (χ4n) is 1.99. The Kier molecular flexibility index (Phi) is 4.46. The summed E-state index contributed by atoms with van der Waals surface area (Å²) in [5.74, 6) is 0.834. The predicted molar refractivity (Wildman–Crippen MR) is 80.9 cm³/mol. The molecule has 0 aliphatic rings. The van der Waals surface area contributed by atoms with Gasteiger partial charge >= 0.3 is 0 Å². The second-order valence-electron chi connectivity index (χ2n) is 4.48. The molecule has 19 heavy (non-hydrogen) atoms. The zero-order valence-corrected chi connectivity index (χ0v) is 12.2. The molecule has 2 nitrogen and oxygen atoms in total. The van der Waals surface area contributed by atoms with Gasteiger partial charge in [0.15, 0.2) is 0 Å². The number of benzene rings is 2. The normalized spacial score (nSPS) is 12.2. The summed E-state index contributed by atoms with van der Waals surface area (Å²) in [5, 5.41) is 3.98. The first-order valence-electron chi connectivity index (χ1n) is 6.27. The lowest BCUT2D eigenvalue weighted by atomic mass is 10.00. The van der Waals surface area contributed by atoms with E-state index in [0.717, 1.165) is 21.9 Å². The highest BCUT2D eigenvalue weighted by atomic mass is 35.5. The molecule has 3 heteroatoms. The molecule has 1 N–H and O–H groups in total. The average molecular weight is 276 g/mol. The van der Waals surface area contributed by atoms with Gasteiger partial charge in [0.1, 0.15) is 5.75 Å². The molecule has 0 heterocycles. The van der Waals surface area contributed by atoms with Crippen molar-refractivity contribution in [1.29, 1.82) is 0 Å². The standard InChI is InChI=1S/C16H18ClNO/c1-11(18-2)12-7-8-16(17)15(10-12)13-5-4-6-14(9-13)19-3/h4-11,18H,1-3H3. The fourth-order valence-corrected chi connectivity index (χ4v) is 2.22. The molecular formula is C16H18ClNO. The van der Waals surface area contributed by atoms with Crippen LogP contribution in [0.3, 0.4) is 0 Å². The average Bonchev–Trinajstić information content (AvgIpc) is 2.47. The van der Waals surface area contributed by atoms with E-state index in [4.69, 9.17) is 16.3 Å². The Hall–Kier alpha value is -1.51. The third-order valence-corrected chi connectivity index (χ3v) is 3.63. The lowest BCUT2D eigenvalue weighted by Gasteiger charge is -2.14. The number of halogens is 1. The zero-order chi connectivity index (χ0) is 13.8. The first-order valence-corrected chi connectivity index (χ1v) is 6.64. The quantitative estimate of drug-likeness (QED) is 0.898.